The topological polar surface area (TPSA) is 88.2 Å². The second kappa shape index (κ2) is 6.95. The molecule has 0 bridgehead atoms. The van der Waals surface area contributed by atoms with Crippen LogP contribution in [0.2, 0.25) is 0 Å². The lowest BCUT2D eigenvalue weighted by Crippen LogP contribution is -2.11. The molecule has 0 saturated heterocycles. The first-order valence-corrected chi connectivity index (χ1v) is 10.9. The summed E-state index contributed by atoms with van der Waals surface area (Å²) in [7, 11) is -3.30. The fourth-order valence-corrected chi connectivity index (χ4v) is 4.25. The molecule has 0 atom stereocenters. The van der Waals surface area contributed by atoms with Crippen molar-refractivity contribution in [1.29, 1.82) is 0 Å². The van der Waals surface area contributed by atoms with E-state index in [1.807, 2.05) is 23.8 Å². The molecule has 25 heavy (non-hydrogen) atoms. The molecule has 6 nitrogen and oxygen atoms in total. The van der Waals surface area contributed by atoms with Gasteiger partial charge in [0.15, 0.2) is 5.13 Å². The van der Waals surface area contributed by atoms with Crippen LogP contribution in [0.5, 0.6) is 0 Å². The molecule has 0 unspecified atom stereocenters. The van der Waals surface area contributed by atoms with Crippen molar-refractivity contribution in [2.45, 2.75) is 6.92 Å². The monoisotopic (exact) mass is 393 g/mol. The van der Waals surface area contributed by atoms with Gasteiger partial charge in [0, 0.05) is 16.6 Å². The summed E-state index contributed by atoms with van der Waals surface area (Å²) in [6.07, 6.45) is 1.10. The fraction of sp³-hybridized carbons (Fsp3) is 0.125. The van der Waals surface area contributed by atoms with Gasteiger partial charge in [-0.1, -0.05) is 12.1 Å². The Bertz CT molecular complexity index is 1000. The molecule has 0 aliphatic heterocycles. The van der Waals surface area contributed by atoms with Crippen LogP contribution in [0.25, 0.3) is 11.3 Å². The van der Waals surface area contributed by atoms with Crippen molar-refractivity contribution in [2.24, 2.45) is 0 Å². The predicted molar refractivity (Wildman–Crippen MR) is 103 cm³/mol. The molecule has 0 fully saturated rings. The number of benzene rings is 1. The Kier molecular flexibility index (Phi) is 4.89. The highest BCUT2D eigenvalue weighted by atomic mass is 32.2. The zero-order chi connectivity index (χ0) is 18.0. The van der Waals surface area contributed by atoms with Crippen LogP contribution in [-0.2, 0) is 10.0 Å². The highest BCUT2D eigenvalue weighted by Crippen LogP contribution is 2.27. The molecule has 1 aromatic carbocycles. The molecule has 0 radical (unpaired) electrons. The number of aryl methyl sites for hydroxylation is 1. The van der Waals surface area contributed by atoms with E-state index in [1.165, 1.54) is 22.7 Å². The van der Waals surface area contributed by atoms with Gasteiger partial charge in [-0.2, -0.15) is 0 Å². The van der Waals surface area contributed by atoms with E-state index in [1.54, 1.807) is 24.3 Å². The number of carbonyl (C=O) groups excluding carboxylic acids is 1. The van der Waals surface area contributed by atoms with E-state index in [4.69, 9.17) is 0 Å². The summed E-state index contributed by atoms with van der Waals surface area (Å²) in [5.41, 5.74) is 2.98. The number of nitrogens with zero attached hydrogens (tertiary/aromatic N) is 1. The van der Waals surface area contributed by atoms with Crippen molar-refractivity contribution in [2.75, 3.05) is 16.3 Å². The van der Waals surface area contributed by atoms with Gasteiger partial charge in [0.05, 0.1) is 16.8 Å². The molecular formula is C16H15N3O3S3. The molecule has 0 aliphatic carbocycles. The Morgan fingerprint density at radius 3 is 2.44 bits per heavy atom. The highest BCUT2D eigenvalue weighted by molar-refractivity contribution is 7.92. The van der Waals surface area contributed by atoms with E-state index >= 15 is 0 Å². The average molecular weight is 394 g/mol. The summed E-state index contributed by atoms with van der Waals surface area (Å²) in [6, 6.07) is 8.79. The first-order chi connectivity index (χ1) is 11.8. The van der Waals surface area contributed by atoms with Gasteiger partial charge in [-0.25, -0.2) is 13.4 Å². The van der Waals surface area contributed by atoms with Gasteiger partial charge < -0.3 is 0 Å². The molecule has 3 aromatic rings. The van der Waals surface area contributed by atoms with E-state index in [-0.39, 0.29) is 5.91 Å². The van der Waals surface area contributed by atoms with Crippen LogP contribution in [0.1, 0.15) is 15.2 Å². The van der Waals surface area contributed by atoms with Gasteiger partial charge in [0.1, 0.15) is 0 Å². The van der Waals surface area contributed by atoms with Gasteiger partial charge >= 0.3 is 0 Å². The predicted octanol–water partition coefficient (Wildman–Crippen LogP) is 3.80. The van der Waals surface area contributed by atoms with Crippen LogP contribution in [0.4, 0.5) is 10.8 Å². The number of sulfonamides is 1. The van der Waals surface area contributed by atoms with E-state index in [2.05, 4.69) is 15.0 Å². The zero-order valence-corrected chi connectivity index (χ0v) is 15.9. The second-order valence-corrected chi connectivity index (χ2v) is 8.90. The maximum Gasteiger partial charge on any atom is 0.267 e. The van der Waals surface area contributed by atoms with Crippen molar-refractivity contribution in [3.8, 4) is 11.3 Å². The van der Waals surface area contributed by atoms with E-state index in [0.29, 0.717) is 21.4 Å². The molecule has 0 aliphatic rings. The molecule has 2 N–H and O–H groups in total. The molecule has 130 valence electrons. The van der Waals surface area contributed by atoms with Crippen LogP contribution in [-0.4, -0.2) is 25.6 Å². The summed E-state index contributed by atoms with van der Waals surface area (Å²) in [4.78, 5) is 17.3. The van der Waals surface area contributed by atoms with Crippen LogP contribution in [0, 0.1) is 6.92 Å². The minimum atomic E-state index is -3.30. The van der Waals surface area contributed by atoms with E-state index < -0.39 is 10.0 Å². The number of carbonyl (C=O) groups is 1. The molecule has 3 rings (SSSR count). The van der Waals surface area contributed by atoms with E-state index in [0.717, 1.165) is 17.4 Å². The average Bonchev–Trinajstić information content (AvgIpc) is 3.15. The van der Waals surface area contributed by atoms with Crippen molar-refractivity contribution >= 4 is 49.4 Å². The van der Waals surface area contributed by atoms with Crippen LogP contribution >= 0.6 is 22.7 Å². The number of amides is 1. The SMILES string of the molecule is Cc1ccsc1C(=O)Nc1nc(-c2ccc(NS(C)(=O)=O)cc2)cs1. The number of thiophene rings is 1. The molecule has 0 spiro atoms. The maximum atomic E-state index is 12.2. The lowest BCUT2D eigenvalue weighted by molar-refractivity contribution is 0.103. The molecule has 0 saturated carbocycles. The van der Waals surface area contributed by atoms with Gasteiger partial charge in [0.25, 0.3) is 5.91 Å². The van der Waals surface area contributed by atoms with Crippen LogP contribution in [0.3, 0.4) is 0 Å². The van der Waals surface area contributed by atoms with Gasteiger partial charge in [-0.3, -0.25) is 14.8 Å². The minimum absolute atomic E-state index is 0.166. The normalized spacial score (nSPS) is 11.3. The van der Waals surface area contributed by atoms with Gasteiger partial charge in [-0.05, 0) is 36.1 Å². The van der Waals surface area contributed by atoms with Crippen molar-refractivity contribution < 1.29 is 13.2 Å². The summed E-state index contributed by atoms with van der Waals surface area (Å²) in [6.45, 7) is 1.89. The van der Waals surface area contributed by atoms with Crippen molar-refractivity contribution in [1.82, 2.24) is 4.98 Å². The number of hydrogen-bond donors (Lipinski definition) is 2. The number of rotatable bonds is 5. The molecule has 1 amide bonds. The standard InChI is InChI=1S/C16H15N3O3S3/c1-10-7-8-23-14(10)15(20)18-16-17-13(9-24-16)11-3-5-12(6-4-11)19-25(2,21)22/h3-9,19H,1-2H3,(H,17,18,20). The molecule has 2 heterocycles. The van der Waals surface area contributed by atoms with Gasteiger partial charge in [-0.15, -0.1) is 22.7 Å². The number of hydrogen-bond acceptors (Lipinski definition) is 6. The smallest absolute Gasteiger partial charge is 0.267 e. The Hall–Kier alpha value is -2.23. The minimum Gasteiger partial charge on any atom is -0.297 e. The second-order valence-electron chi connectivity index (χ2n) is 5.38. The largest absolute Gasteiger partial charge is 0.297 e. The Morgan fingerprint density at radius 2 is 1.84 bits per heavy atom. The number of thiazole rings is 1. The Balaban J connectivity index is 1.73. The maximum absolute atomic E-state index is 12.2. The molecule has 9 heteroatoms. The number of anilines is 2. The first kappa shape index (κ1) is 17.6. The number of aromatic nitrogens is 1. The van der Waals surface area contributed by atoms with Crippen LogP contribution in [0.15, 0.2) is 41.1 Å². The van der Waals surface area contributed by atoms with Crippen molar-refractivity contribution in [3.63, 3.8) is 0 Å². The Labute approximate surface area is 153 Å². The zero-order valence-electron chi connectivity index (χ0n) is 13.4. The summed E-state index contributed by atoms with van der Waals surface area (Å²) in [5.74, 6) is -0.166. The van der Waals surface area contributed by atoms with Crippen molar-refractivity contribution in [3.05, 3.63) is 51.5 Å². The highest BCUT2D eigenvalue weighted by Gasteiger charge is 2.13. The number of nitrogens with one attached hydrogen (secondary N) is 2. The van der Waals surface area contributed by atoms with Crippen LogP contribution < -0.4 is 10.0 Å². The summed E-state index contributed by atoms with van der Waals surface area (Å²) < 4.78 is 24.9. The van der Waals surface area contributed by atoms with E-state index in [9.17, 15) is 13.2 Å². The first-order valence-electron chi connectivity index (χ1n) is 7.21. The third-order valence-electron chi connectivity index (χ3n) is 3.28. The Morgan fingerprint density at radius 1 is 1.12 bits per heavy atom. The summed E-state index contributed by atoms with van der Waals surface area (Å²) >= 11 is 2.73. The third-order valence-corrected chi connectivity index (χ3v) is 5.66. The third kappa shape index (κ3) is 4.44. The molecular weight excluding hydrogens is 378 g/mol. The summed E-state index contributed by atoms with van der Waals surface area (Å²) in [5, 5.41) is 7.05. The lowest BCUT2D eigenvalue weighted by atomic mass is 10.1. The molecule has 2 aromatic heterocycles. The quantitative estimate of drug-likeness (QED) is 0.690. The fourth-order valence-electron chi connectivity index (χ4n) is 2.15. The lowest BCUT2D eigenvalue weighted by Gasteiger charge is -2.04. The van der Waals surface area contributed by atoms with Gasteiger partial charge in [0.2, 0.25) is 10.0 Å².